The van der Waals surface area contributed by atoms with Gasteiger partial charge in [0, 0.05) is 18.9 Å². The molecule has 1 aliphatic heterocycles. The number of hydrogen-bond donors (Lipinski definition) is 0. The second kappa shape index (κ2) is 8.76. The number of hydrogen-bond acceptors (Lipinski definition) is 6. The summed E-state index contributed by atoms with van der Waals surface area (Å²) < 4.78 is 16.9. The maximum Gasteiger partial charge on any atom is 0.351 e. The number of carbonyl (C=O) groups excluding carboxylic acids is 3. The molecule has 154 valence electrons. The number of allylic oxidation sites excluding steroid dienone is 3. The van der Waals surface area contributed by atoms with Crippen molar-refractivity contribution in [2.24, 2.45) is 5.92 Å². The quantitative estimate of drug-likeness (QED) is 0.316. The zero-order valence-electron chi connectivity index (χ0n) is 17.5. The summed E-state index contributed by atoms with van der Waals surface area (Å²) in [6.45, 7) is 10.2. The van der Waals surface area contributed by atoms with Crippen LogP contribution in [0.15, 0.2) is 34.9 Å². The van der Waals surface area contributed by atoms with Crippen molar-refractivity contribution in [2.75, 3.05) is 0 Å². The van der Waals surface area contributed by atoms with Crippen molar-refractivity contribution >= 4 is 17.9 Å². The minimum absolute atomic E-state index is 0.393. The van der Waals surface area contributed by atoms with Gasteiger partial charge in [-0.25, -0.2) is 9.59 Å². The van der Waals surface area contributed by atoms with Crippen LogP contribution in [-0.2, 0) is 28.6 Å². The molecule has 2 aliphatic rings. The van der Waals surface area contributed by atoms with Crippen LogP contribution in [0, 0.1) is 5.92 Å². The average Bonchev–Trinajstić information content (AvgIpc) is 2.82. The van der Waals surface area contributed by atoms with E-state index < -0.39 is 41.6 Å². The van der Waals surface area contributed by atoms with Gasteiger partial charge in [-0.3, -0.25) is 4.79 Å². The van der Waals surface area contributed by atoms with Crippen LogP contribution in [0.2, 0.25) is 0 Å². The lowest BCUT2D eigenvalue weighted by atomic mass is 9.79. The first-order valence-electron chi connectivity index (χ1n) is 9.66. The van der Waals surface area contributed by atoms with Crippen LogP contribution in [0.25, 0.3) is 0 Å². The Morgan fingerprint density at radius 1 is 1.25 bits per heavy atom. The van der Waals surface area contributed by atoms with Crippen LogP contribution < -0.4 is 0 Å². The van der Waals surface area contributed by atoms with E-state index >= 15 is 0 Å². The molecule has 0 aromatic rings. The topological polar surface area (TPSA) is 78.9 Å². The normalized spacial score (nSPS) is 34.9. The molecule has 0 amide bonds. The van der Waals surface area contributed by atoms with Gasteiger partial charge in [-0.15, -0.1) is 0 Å². The molecule has 6 heteroatoms. The summed E-state index contributed by atoms with van der Waals surface area (Å²) in [5, 5.41) is 0. The largest absolute Gasteiger partial charge is 0.462 e. The first kappa shape index (κ1) is 21.9. The van der Waals surface area contributed by atoms with E-state index in [2.05, 4.69) is 6.08 Å². The van der Waals surface area contributed by atoms with Crippen molar-refractivity contribution in [2.45, 2.75) is 78.6 Å². The van der Waals surface area contributed by atoms with Gasteiger partial charge < -0.3 is 14.2 Å². The third-order valence-corrected chi connectivity index (χ3v) is 5.42. The van der Waals surface area contributed by atoms with Crippen molar-refractivity contribution in [1.29, 1.82) is 0 Å². The lowest BCUT2D eigenvalue weighted by molar-refractivity contribution is -0.175. The van der Waals surface area contributed by atoms with Crippen LogP contribution in [0.1, 0.15) is 60.8 Å². The maximum absolute atomic E-state index is 12.8. The zero-order chi connectivity index (χ0) is 21.1. The number of esters is 3. The number of fused-ring (bicyclic) bond motifs is 1. The summed E-state index contributed by atoms with van der Waals surface area (Å²) in [5.74, 6) is -2.31. The van der Waals surface area contributed by atoms with Crippen molar-refractivity contribution in [3.8, 4) is 0 Å². The third kappa shape index (κ3) is 4.72. The predicted molar refractivity (Wildman–Crippen MR) is 104 cm³/mol. The van der Waals surface area contributed by atoms with Crippen molar-refractivity contribution in [3.05, 3.63) is 34.9 Å². The number of rotatable bonds is 3. The highest BCUT2D eigenvalue weighted by Crippen LogP contribution is 2.42. The predicted octanol–water partition coefficient (Wildman–Crippen LogP) is 3.80. The Balaban J connectivity index is 2.53. The van der Waals surface area contributed by atoms with Crippen LogP contribution in [0.3, 0.4) is 0 Å². The maximum atomic E-state index is 12.8. The van der Waals surface area contributed by atoms with Crippen molar-refractivity contribution in [1.82, 2.24) is 0 Å². The minimum Gasteiger partial charge on any atom is -0.462 e. The smallest absolute Gasteiger partial charge is 0.351 e. The average molecular weight is 390 g/mol. The molecule has 1 saturated heterocycles. The molecule has 0 bridgehead atoms. The summed E-state index contributed by atoms with van der Waals surface area (Å²) in [6, 6.07) is 0. The van der Waals surface area contributed by atoms with E-state index in [4.69, 9.17) is 14.2 Å². The Labute approximate surface area is 166 Å². The van der Waals surface area contributed by atoms with Gasteiger partial charge in [0.25, 0.3) is 0 Å². The molecule has 0 unspecified atom stereocenters. The monoisotopic (exact) mass is 390 g/mol. The van der Waals surface area contributed by atoms with E-state index in [0.29, 0.717) is 12.0 Å². The summed E-state index contributed by atoms with van der Waals surface area (Å²) in [7, 11) is 0. The fraction of sp³-hybridized carbons (Fsp3) is 0.591. The van der Waals surface area contributed by atoms with Crippen LogP contribution in [0.5, 0.6) is 0 Å². The van der Waals surface area contributed by atoms with Gasteiger partial charge in [0.2, 0.25) is 5.60 Å². The number of ether oxygens (including phenoxy) is 3. The summed E-state index contributed by atoms with van der Waals surface area (Å²) in [5.41, 5.74) is 0.958. The Hall–Kier alpha value is -2.37. The van der Waals surface area contributed by atoms with E-state index in [1.165, 1.54) is 6.92 Å². The Morgan fingerprint density at radius 3 is 2.54 bits per heavy atom. The Bertz CT molecular complexity index is 744. The van der Waals surface area contributed by atoms with E-state index in [-0.39, 0.29) is 0 Å². The highest BCUT2D eigenvalue weighted by Gasteiger charge is 2.60. The van der Waals surface area contributed by atoms with Gasteiger partial charge in [0.1, 0.15) is 12.2 Å². The summed E-state index contributed by atoms with van der Waals surface area (Å²) >= 11 is 0. The van der Waals surface area contributed by atoms with Crippen molar-refractivity contribution in [3.63, 3.8) is 0 Å². The molecule has 0 aromatic carbocycles. The lowest BCUT2D eigenvalue weighted by Gasteiger charge is -2.34. The van der Waals surface area contributed by atoms with Crippen LogP contribution >= 0.6 is 0 Å². The molecule has 2 rings (SSSR count). The fourth-order valence-corrected chi connectivity index (χ4v) is 3.73. The summed E-state index contributed by atoms with van der Waals surface area (Å²) in [4.78, 5) is 37.1. The Kier molecular flexibility index (Phi) is 6.86. The first-order valence-corrected chi connectivity index (χ1v) is 9.66. The minimum atomic E-state index is -1.55. The van der Waals surface area contributed by atoms with E-state index in [1.54, 1.807) is 26.8 Å². The summed E-state index contributed by atoms with van der Waals surface area (Å²) in [6.07, 6.45) is 6.47. The van der Waals surface area contributed by atoms with Gasteiger partial charge in [-0.2, -0.15) is 0 Å². The third-order valence-electron chi connectivity index (χ3n) is 5.42. The molecule has 4 atom stereocenters. The molecule has 0 aromatic heterocycles. The SMILES string of the molecule is C/C=C(/C)C(=O)O[C@]1(C)C(=O)O[C@H]2/C=C(/C)CC/C=C(/C)C[C@H](OC(C)=O)[C@H]21. The molecule has 0 radical (unpaired) electrons. The second-order valence-corrected chi connectivity index (χ2v) is 7.82. The molecule has 6 nitrogen and oxygen atoms in total. The highest BCUT2D eigenvalue weighted by molar-refractivity contribution is 5.92. The first-order chi connectivity index (χ1) is 13.1. The van der Waals surface area contributed by atoms with E-state index in [1.807, 2.05) is 19.9 Å². The van der Waals surface area contributed by atoms with Gasteiger partial charge >= 0.3 is 17.9 Å². The van der Waals surface area contributed by atoms with Gasteiger partial charge in [-0.05, 0) is 53.5 Å². The Morgan fingerprint density at radius 2 is 1.93 bits per heavy atom. The van der Waals surface area contributed by atoms with E-state index in [9.17, 15) is 14.4 Å². The fourth-order valence-electron chi connectivity index (χ4n) is 3.73. The van der Waals surface area contributed by atoms with Gasteiger partial charge in [-0.1, -0.05) is 23.3 Å². The molecule has 0 saturated carbocycles. The molecular formula is C22H30O6. The van der Waals surface area contributed by atoms with Crippen molar-refractivity contribution < 1.29 is 28.6 Å². The molecule has 1 heterocycles. The highest BCUT2D eigenvalue weighted by atomic mass is 16.6. The van der Waals surface area contributed by atoms with Gasteiger partial charge in [0.05, 0.1) is 5.92 Å². The van der Waals surface area contributed by atoms with Crippen LogP contribution in [-0.4, -0.2) is 35.7 Å². The van der Waals surface area contributed by atoms with Crippen LogP contribution in [0.4, 0.5) is 0 Å². The zero-order valence-corrected chi connectivity index (χ0v) is 17.5. The standard InChI is InChI=1S/C22H30O6/c1-7-15(4)20(24)28-22(6)19-17(26-16(5)23)11-13(2)9-8-10-14(3)12-18(19)27-21(22)25/h7,9,12,17-19H,8,10-11H2,1-6H3/b13-9-,14-12-,15-7-/t17-,18-,19+,22-/m0/s1. The molecule has 28 heavy (non-hydrogen) atoms. The second-order valence-electron chi connectivity index (χ2n) is 7.82. The molecular weight excluding hydrogens is 360 g/mol. The lowest BCUT2D eigenvalue weighted by Crippen LogP contribution is -2.50. The molecule has 0 spiro atoms. The van der Waals surface area contributed by atoms with Gasteiger partial charge in [0.15, 0.2) is 0 Å². The molecule has 0 N–H and O–H groups in total. The number of carbonyl (C=O) groups is 3. The molecule has 1 aliphatic carbocycles. The molecule has 1 fully saturated rings. The van der Waals surface area contributed by atoms with E-state index in [0.717, 1.165) is 24.0 Å².